The molecule has 0 aromatic heterocycles. The van der Waals surface area contributed by atoms with Gasteiger partial charge in [0, 0.05) is 0 Å². The molecule has 0 radical (unpaired) electrons. The third-order valence-electron chi connectivity index (χ3n) is 43.6. The molecule has 13 heteroatoms. The summed E-state index contributed by atoms with van der Waals surface area (Å²) in [7, 11) is -4.39. The summed E-state index contributed by atoms with van der Waals surface area (Å²) in [6, 6.07) is 0. The number of hydrogen-bond donors (Lipinski definition) is 9. The highest BCUT2D eigenvalue weighted by Gasteiger charge is 2.71. The summed E-state index contributed by atoms with van der Waals surface area (Å²) >= 11 is 0. The maximum absolute atomic E-state index is 11.7. The summed E-state index contributed by atoms with van der Waals surface area (Å²) in [6.45, 7) is 46.0. The van der Waals surface area contributed by atoms with Crippen LogP contribution in [0.25, 0.3) is 0 Å². The van der Waals surface area contributed by atoms with E-state index in [1.807, 2.05) is 0 Å². The lowest BCUT2D eigenvalue weighted by molar-refractivity contribution is -0.203. The minimum absolute atomic E-state index is 0.0198. The molecular weight excluding hydrogens is 1460 g/mol. The van der Waals surface area contributed by atoms with Gasteiger partial charge in [-0.2, -0.15) is 8.42 Å². The van der Waals surface area contributed by atoms with Crippen LogP contribution >= 0.6 is 0 Å². The SMILES string of the molecule is CCC[C@@H](C)[C@H]1CCC2C3C(CC[C@@]21C)[C@@]1(C)CC[C@@H](O)C[C@H]1[C@@H](CC)[C@H]3O.CCC[C@@H](C)[C@H]1CCC2C3C(CC[C@@]21C)[C@@]1(C)CC[C@@H](O)C[C@H]1[C@@H](CC)[C@H]3O.CCC[C@@H](C)[C@H]1CCC2C3C(CC[C@@]21C)[C@@]1(C)CC[C@@H](O)C[C@H]1[C@@H](CC)[C@H]3O.CC[C@H]1[C@@H](O)C2C3CC[C@H]([C@H](C)CCOS(=O)(=O)O)[C@@]3(C)CCC2[C@@]2(C)CC[C@@H](O)C[C@@H]12. The molecule has 0 aromatic rings. The van der Waals surface area contributed by atoms with Crippen molar-refractivity contribution in [2.45, 2.75) is 431 Å². The fourth-order valence-electron chi connectivity index (χ4n) is 38.2. The third kappa shape index (κ3) is 16.0. The van der Waals surface area contributed by atoms with Crippen molar-refractivity contribution in [2.75, 3.05) is 6.61 Å². The Kier molecular flexibility index (Phi) is 28.9. The van der Waals surface area contributed by atoms with E-state index in [9.17, 15) is 49.3 Å². The van der Waals surface area contributed by atoms with E-state index in [0.717, 1.165) is 145 Å². The van der Waals surface area contributed by atoms with Crippen LogP contribution in [0.3, 0.4) is 0 Å². The predicted octanol–water partition coefficient (Wildman–Crippen LogP) is 22.6. The van der Waals surface area contributed by atoms with E-state index in [1.165, 1.54) is 135 Å². The first-order valence-corrected chi connectivity index (χ1v) is 52.2. The molecular formula is C103H182O12S. The van der Waals surface area contributed by atoms with Crippen LogP contribution in [0.15, 0.2) is 0 Å². The van der Waals surface area contributed by atoms with Crippen molar-refractivity contribution in [3.05, 3.63) is 0 Å². The van der Waals surface area contributed by atoms with E-state index >= 15 is 0 Å². The van der Waals surface area contributed by atoms with Crippen LogP contribution in [0.4, 0.5) is 0 Å². The highest BCUT2D eigenvalue weighted by Crippen LogP contribution is 2.75. The van der Waals surface area contributed by atoms with Crippen molar-refractivity contribution in [2.24, 2.45) is 209 Å². The van der Waals surface area contributed by atoms with Gasteiger partial charge in [-0.25, -0.2) is 4.18 Å². The van der Waals surface area contributed by atoms with Gasteiger partial charge in [0.2, 0.25) is 0 Å². The topological polar surface area (TPSA) is 225 Å². The molecule has 0 aromatic carbocycles. The van der Waals surface area contributed by atoms with Gasteiger partial charge < -0.3 is 40.9 Å². The maximum Gasteiger partial charge on any atom is 0.397 e. The van der Waals surface area contributed by atoms with Crippen molar-refractivity contribution < 1.29 is 58.0 Å². The van der Waals surface area contributed by atoms with Crippen LogP contribution in [0.5, 0.6) is 0 Å². The van der Waals surface area contributed by atoms with Crippen LogP contribution in [0, 0.1) is 209 Å². The second kappa shape index (κ2) is 36.0. The molecule has 12 nitrogen and oxygen atoms in total. The molecule has 672 valence electrons. The van der Waals surface area contributed by atoms with Crippen LogP contribution in [-0.4, -0.2) is 109 Å². The van der Waals surface area contributed by atoms with Crippen molar-refractivity contribution in [1.29, 1.82) is 0 Å². The van der Waals surface area contributed by atoms with Gasteiger partial charge in [-0.05, 0) is 395 Å². The van der Waals surface area contributed by atoms with Gasteiger partial charge in [-0.15, -0.1) is 0 Å². The van der Waals surface area contributed by atoms with Gasteiger partial charge in [0.25, 0.3) is 0 Å². The largest absolute Gasteiger partial charge is 0.397 e. The molecule has 16 saturated carbocycles. The van der Waals surface area contributed by atoms with E-state index in [-0.39, 0.29) is 72.2 Å². The summed E-state index contributed by atoms with van der Waals surface area (Å²) < 4.78 is 35.4. The summed E-state index contributed by atoms with van der Waals surface area (Å²) in [4.78, 5) is 0. The molecule has 0 heterocycles. The second-order valence-electron chi connectivity index (χ2n) is 47.8. The Morgan fingerprint density at radius 1 is 0.284 bits per heavy atom. The molecule has 0 spiro atoms. The zero-order valence-electron chi connectivity index (χ0n) is 77.7. The van der Waals surface area contributed by atoms with Crippen molar-refractivity contribution in [3.63, 3.8) is 0 Å². The number of fused-ring (bicyclic) bond motifs is 20. The monoisotopic (exact) mass is 1640 g/mol. The fraction of sp³-hybridized carbons (Fsp3) is 1.00. The summed E-state index contributed by atoms with van der Waals surface area (Å²) in [5.74, 6) is 16.1. The molecule has 44 atom stereocenters. The molecule has 16 rings (SSSR count). The minimum atomic E-state index is -4.39. The van der Waals surface area contributed by atoms with Gasteiger partial charge in [0.05, 0.1) is 55.4 Å². The molecule has 0 saturated heterocycles. The zero-order valence-corrected chi connectivity index (χ0v) is 78.5. The van der Waals surface area contributed by atoms with Gasteiger partial charge in [0.15, 0.2) is 0 Å². The molecule has 0 amide bonds. The van der Waals surface area contributed by atoms with E-state index in [4.69, 9.17) is 4.55 Å². The average Bonchev–Trinajstić information content (AvgIpc) is 1.34. The zero-order chi connectivity index (χ0) is 84.3. The smallest absolute Gasteiger partial charge is 0.393 e. The number of hydrogen-bond acceptors (Lipinski definition) is 11. The number of aliphatic hydroxyl groups is 8. The van der Waals surface area contributed by atoms with Gasteiger partial charge in [0.1, 0.15) is 0 Å². The lowest BCUT2D eigenvalue weighted by Crippen LogP contribution is -2.62. The number of aliphatic hydroxyl groups excluding tert-OH is 8. The van der Waals surface area contributed by atoms with E-state index < -0.39 is 10.4 Å². The molecule has 9 N–H and O–H groups in total. The quantitative estimate of drug-likeness (QED) is 0.0585. The normalized spacial score (nSPS) is 53.2. The molecule has 16 aliphatic carbocycles. The summed E-state index contributed by atoms with van der Waals surface area (Å²) in [6.07, 6.45) is 44.1. The van der Waals surface area contributed by atoms with E-state index in [0.29, 0.717) is 163 Å². The van der Waals surface area contributed by atoms with Crippen molar-refractivity contribution in [1.82, 2.24) is 0 Å². The Labute approximate surface area is 710 Å². The Hall–Kier alpha value is -0.450. The first-order valence-electron chi connectivity index (χ1n) is 50.8. The Morgan fingerprint density at radius 2 is 0.483 bits per heavy atom. The second-order valence-corrected chi connectivity index (χ2v) is 48.9. The standard InChI is InChI=1S/3C26H46O2.C25H44O6S/c3*1-6-8-16(3)19-9-10-20-23-21(12-14-25(19,20)4)26(5)13-11-17(27)15-22(26)18(7-2)24(23)28;1-5-17-21-14-16(26)8-11-25(21,4)20-9-12-24(3)18(6-7-19(24)22(20)23(17)27)15(2)10-13-31-32(28,29)30/h3*16-24,27-28H,6-15H2,1-5H3;15-23,26-27H,5-14H2,1-4H3,(H,28,29,30)/t3*16-,17-,18-,19-,20?,21?,22+,23?,24-,25-,26-;15-,16-,17-,18-,19?,20?,21+,22?,23-,24-,25-/m1111/s1. The van der Waals surface area contributed by atoms with Crippen molar-refractivity contribution >= 4 is 10.4 Å². The molecule has 16 fully saturated rings. The summed E-state index contributed by atoms with van der Waals surface area (Å²) in [5.41, 5.74) is 2.66. The Morgan fingerprint density at radius 3 is 0.681 bits per heavy atom. The lowest BCUT2D eigenvalue weighted by Gasteiger charge is -2.64. The predicted molar refractivity (Wildman–Crippen MR) is 471 cm³/mol. The highest BCUT2D eigenvalue weighted by molar-refractivity contribution is 7.80. The van der Waals surface area contributed by atoms with Crippen LogP contribution in [0.2, 0.25) is 0 Å². The number of rotatable bonds is 18. The average molecular weight is 1640 g/mol. The highest BCUT2D eigenvalue weighted by atomic mass is 32.3. The first kappa shape index (κ1) is 93.2. The van der Waals surface area contributed by atoms with Crippen LogP contribution < -0.4 is 0 Å². The first-order chi connectivity index (χ1) is 54.7. The third-order valence-corrected chi connectivity index (χ3v) is 44.1. The molecule has 0 aliphatic heterocycles. The lowest BCUT2D eigenvalue weighted by atomic mass is 9.41. The molecule has 0 bridgehead atoms. The van der Waals surface area contributed by atoms with Crippen molar-refractivity contribution in [3.8, 4) is 0 Å². The summed E-state index contributed by atoms with van der Waals surface area (Å²) in [5, 5.41) is 88.5. The minimum Gasteiger partial charge on any atom is -0.393 e. The fourth-order valence-corrected chi connectivity index (χ4v) is 38.5. The van der Waals surface area contributed by atoms with E-state index in [1.54, 1.807) is 0 Å². The van der Waals surface area contributed by atoms with Gasteiger partial charge >= 0.3 is 10.4 Å². The van der Waals surface area contributed by atoms with Gasteiger partial charge in [-0.1, -0.05) is 196 Å². The maximum atomic E-state index is 11.7. The van der Waals surface area contributed by atoms with E-state index in [2.05, 4.69) is 136 Å². The Bertz CT molecular complexity index is 3080. The molecule has 12 unspecified atom stereocenters. The van der Waals surface area contributed by atoms with Crippen LogP contribution in [0.1, 0.15) is 382 Å². The Balaban J connectivity index is 0.000000135. The van der Waals surface area contributed by atoms with Crippen LogP contribution in [-0.2, 0) is 14.6 Å². The molecule has 116 heavy (non-hydrogen) atoms. The van der Waals surface area contributed by atoms with Gasteiger partial charge in [-0.3, -0.25) is 4.55 Å². The molecule has 16 aliphatic rings.